The van der Waals surface area contributed by atoms with Crippen LogP contribution in [0.2, 0.25) is 0 Å². The first-order valence-corrected chi connectivity index (χ1v) is 3.71. The molecule has 1 rings (SSSR count). The Morgan fingerprint density at radius 2 is 1.08 bits per heavy atom. The molecule has 1 aliphatic rings. The van der Waals surface area contributed by atoms with Gasteiger partial charge in [0.25, 0.3) is 0 Å². The minimum absolute atomic E-state index is 0. The Morgan fingerprint density at radius 3 is 1.50 bits per heavy atom. The number of hydrogen-bond donors (Lipinski definition) is 3. The van der Waals surface area contributed by atoms with Crippen LogP contribution >= 0.6 is 0 Å². The molecule has 0 spiro atoms. The first-order valence-electron chi connectivity index (χ1n) is 3.71. The van der Waals surface area contributed by atoms with Gasteiger partial charge < -0.3 is 34.0 Å². The van der Waals surface area contributed by atoms with Crippen LogP contribution in [0.25, 0.3) is 0 Å². The van der Waals surface area contributed by atoms with Gasteiger partial charge in [-0.1, -0.05) is 12.8 Å². The summed E-state index contributed by atoms with van der Waals surface area (Å²) in [5, 5.41) is 0. The number of hydrogen-bond acceptors (Lipinski definition) is 3. The van der Waals surface area contributed by atoms with Crippen LogP contribution in [0.15, 0.2) is 0 Å². The smallest absolute Gasteiger partial charge is 1.00 e. The minimum atomic E-state index is 0. The van der Waals surface area contributed by atoms with E-state index in [0.717, 1.165) is 13.1 Å². The van der Waals surface area contributed by atoms with Gasteiger partial charge in [0.2, 0.25) is 0 Å². The molecule has 0 bridgehead atoms. The molecule has 0 atom stereocenters. The standard InChI is InChI=1S/C6H15N3.2BrH.Fe/c1-2-4-6-8-9-7-5-3-1;;;/h7-9H,1-6H2;2*1H;/q;;;+2/p-2. The fourth-order valence-corrected chi connectivity index (χ4v) is 0.968. The molecule has 0 aromatic carbocycles. The van der Waals surface area contributed by atoms with Crippen molar-refractivity contribution >= 4 is 0 Å². The number of halogens is 2. The Labute approximate surface area is 106 Å². The molecule has 0 amide bonds. The van der Waals surface area contributed by atoms with Crippen molar-refractivity contribution in [3.63, 3.8) is 0 Å². The second-order valence-corrected chi connectivity index (χ2v) is 2.39. The largest absolute Gasteiger partial charge is 2.00 e. The first-order chi connectivity index (χ1) is 4.50. The summed E-state index contributed by atoms with van der Waals surface area (Å²) in [6, 6.07) is 0. The van der Waals surface area contributed by atoms with Gasteiger partial charge in [-0.15, -0.1) is 0 Å². The van der Waals surface area contributed by atoms with Crippen molar-refractivity contribution < 1.29 is 51.0 Å². The van der Waals surface area contributed by atoms with Gasteiger partial charge in [0.05, 0.1) is 0 Å². The topological polar surface area (TPSA) is 36.1 Å². The van der Waals surface area contributed by atoms with E-state index in [-0.39, 0.29) is 51.0 Å². The second-order valence-electron chi connectivity index (χ2n) is 2.39. The molecule has 3 N–H and O–H groups in total. The van der Waals surface area contributed by atoms with Crippen LogP contribution in [-0.4, -0.2) is 13.1 Å². The molecule has 0 radical (unpaired) electrons. The molecule has 6 heteroatoms. The van der Waals surface area contributed by atoms with E-state index in [4.69, 9.17) is 0 Å². The maximum absolute atomic E-state index is 3.07. The number of hydrazine groups is 2. The van der Waals surface area contributed by atoms with Gasteiger partial charge in [-0.2, -0.15) is 5.53 Å². The molecule has 1 heterocycles. The SMILES string of the molecule is C1CCCNNNCC1.[Br-].[Br-].[Fe+2]. The average molecular weight is 345 g/mol. The van der Waals surface area contributed by atoms with E-state index in [1.54, 1.807) is 0 Å². The van der Waals surface area contributed by atoms with E-state index in [9.17, 15) is 0 Å². The van der Waals surface area contributed by atoms with Crippen LogP contribution in [0.5, 0.6) is 0 Å². The van der Waals surface area contributed by atoms with Crippen molar-refractivity contribution in [3.05, 3.63) is 0 Å². The van der Waals surface area contributed by atoms with Crippen molar-refractivity contribution in [1.29, 1.82) is 0 Å². The van der Waals surface area contributed by atoms with Crippen LogP contribution in [0, 0.1) is 0 Å². The van der Waals surface area contributed by atoms with Gasteiger partial charge in [0.1, 0.15) is 0 Å². The summed E-state index contributed by atoms with van der Waals surface area (Å²) in [5.41, 5.74) is 9.06. The van der Waals surface area contributed by atoms with Crippen molar-refractivity contribution in [2.45, 2.75) is 25.7 Å². The Hall–Kier alpha value is 1.36. The minimum Gasteiger partial charge on any atom is -1.00 e. The van der Waals surface area contributed by atoms with Crippen LogP contribution in [0.4, 0.5) is 0 Å². The fraction of sp³-hybridized carbons (Fsp3) is 1.00. The second kappa shape index (κ2) is 14.9. The normalized spacial score (nSPS) is 18.0. The van der Waals surface area contributed by atoms with E-state index < -0.39 is 0 Å². The Kier molecular flexibility index (Phi) is 23.5. The molecule has 0 saturated carbocycles. The molecule has 0 aromatic rings. The molecular formula is C6H15Br2FeN3. The van der Waals surface area contributed by atoms with Crippen LogP contribution in [-0.2, 0) is 17.1 Å². The quantitative estimate of drug-likeness (QED) is 0.383. The van der Waals surface area contributed by atoms with Crippen molar-refractivity contribution in [2.75, 3.05) is 13.1 Å². The fourth-order valence-electron chi connectivity index (χ4n) is 0.968. The van der Waals surface area contributed by atoms with Gasteiger partial charge in [-0.3, -0.25) is 0 Å². The Bertz CT molecular complexity index is 49.3. The van der Waals surface area contributed by atoms with Crippen LogP contribution in [0.3, 0.4) is 0 Å². The summed E-state index contributed by atoms with van der Waals surface area (Å²) in [4.78, 5) is 0. The summed E-state index contributed by atoms with van der Waals surface area (Å²) >= 11 is 0. The first kappa shape index (κ1) is 19.0. The zero-order valence-corrected chi connectivity index (χ0v) is 11.1. The Balaban J connectivity index is -0.000000270. The third-order valence-electron chi connectivity index (χ3n) is 1.53. The zero-order valence-electron chi connectivity index (χ0n) is 6.85. The maximum atomic E-state index is 3.07. The third-order valence-corrected chi connectivity index (χ3v) is 1.53. The third kappa shape index (κ3) is 11.4. The number of nitrogens with one attached hydrogen (secondary N) is 3. The molecule has 0 aliphatic carbocycles. The molecule has 1 aliphatic heterocycles. The van der Waals surface area contributed by atoms with Crippen molar-refractivity contribution in [1.82, 2.24) is 16.4 Å². The van der Waals surface area contributed by atoms with Crippen LogP contribution < -0.4 is 50.3 Å². The molecule has 1 fully saturated rings. The van der Waals surface area contributed by atoms with Gasteiger partial charge >= 0.3 is 17.1 Å². The van der Waals surface area contributed by atoms with E-state index in [2.05, 4.69) is 16.4 Å². The summed E-state index contributed by atoms with van der Waals surface area (Å²) in [6.07, 6.45) is 5.29. The summed E-state index contributed by atoms with van der Waals surface area (Å²) in [7, 11) is 0. The molecule has 0 aromatic heterocycles. The van der Waals surface area contributed by atoms with Gasteiger partial charge in [-0.25, -0.2) is 10.9 Å². The molecular weight excluding hydrogens is 330 g/mol. The van der Waals surface area contributed by atoms with Gasteiger partial charge in [0.15, 0.2) is 0 Å². The monoisotopic (exact) mass is 343 g/mol. The van der Waals surface area contributed by atoms with Crippen LogP contribution in [0.1, 0.15) is 25.7 Å². The predicted octanol–water partition coefficient (Wildman–Crippen LogP) is -5.84. The van der Waals surface area contributed by atoms with Crippen molar-refractivity contribution in [3.8, 4) is 0 Å². The summed E-state index contributed by atoms with van der Waals surface area (Å²) < 4.78 is 0. The average Bonchev–Trinajstić information content (AvgIpc) is 2.00. The number of rotatable bonds is 0. The van der Waals surface area contributed by atoms with E-state index in [1.165, 1.54) is 25.7 Å². The molecule has 1 saturated heterocycles. The molecule has 3 nitrogen and oxygen atoms in total. The molecule has 12 heavy (non-hydrogen) atoms. The van der Waals surface area contributed by atoms with E-state index >= 15 is 0 Å². The van der Waals surface area contributed by atoms with E-state index in [0.29, 0.717) is 0 Å². The van der Waals surface area contributed by atoms with Gasteiger partial charge in [-0.05, 0) is 12.8 Å². The summed E-state index contributed by atoms with van der Waals surface area (Å²) in [6.45, 7) is 2.15. The van der Waals surface area contributed by atoms with E-state index in [1.807, 2.05) is 0 Å². The summed E-state index contributed by atoms with van der Waals surface area (Å²) in [5.74, 6) is 0. The van der Waals surface area contributed by atoms with Gasteiger partial charge in [0, 0.05) is 13.1 Å². The molecule has 0 unspecified atom stereocenters. The zero-order chi connectivity index (χ0) is 6.36. The predicted molar refractivity (Wildman–Crippen MR) is 37.6 cm³/mol. The maximum Gasteiger partial charge on any atom is 2.00 e. The van der Waals surface area contributed by atoms with Crippen molar-refractivity contribution in [2.24, 2.45) is 0 Å². The Morgan fingerprint density at radius 1 is 0.667 bits per heavy atom. The molecule has 76 valence electrons.